The predicted octanol–water partition coefficient (Wildman–Crippen LogP) is 5.69. The lowest BCUT2D eigenvalue weighted by Crippen LogP contribution is -2.10. The van der Waals surface area contributed by atoms with Crippen molar-refractivity contribution in [1.82, 2.24) is 4.98 Å². The van der Waals surface area contributed by atoms with Gasteiger partial charge in [-0.1, -0.05) is 41.9 Å². The van der Waals surface area contributed by atoms with E-state index in [2.05, 4.69) is 10.3 Å². The Kier molecular flexibility index (Phi) is 4.49. The zero-order valence-electron chi connectivity index (χ0n) is 14.0. The van der Waals surface area contributed by atoms with Crippen LogP contribution in [0.15, 0.2) is 59.0 Å². The number of para-hydroxylation sites is 1. The highest BCUT2D eigenvalue weighted by atomic mass is 35.5. The van der Waals surface area contributed by atoms with Gasteiger partial charge >= 0.3 is 0 Å². The van der Waals surface area contributed by atoms with Crippen LogP contribution in [0.3, 0.4) is 0 Å². The maximum Gasteiger partial charge on any atom is 0.293 e. The summed E-state index contributed by atoms with van der Waals surface area (Å²) in [4.78, 5) is 18.0. The molecule has 0 radical (unpaired) electrons. The Morgan fingerprint density at radius 1 is 1.19 bits per heavy atom. The molecule has 0 unspecified atom stereocenters. The SMILES string of the molecule is Cc1nc(NC(=O)c2cc3ccccc3o2)sc1Cc1ccc(Cl)cc1. The van der Waals surface area contributed by atoms with Gasteiger partial charge in [0.1, 0.15) is 5.58 Å². The predicted molar refractivity (Wildman–Crippen MR) is 105 cm³/mol. The molecule has 0 saturated heterocycles. The second-order valence-electron chi connectivity index (χ2n) is 5.93. The summed E-state index contributed by atoms with van der Waals surface area (Å²) in [6.07, 6.45) is 0.751. The minimum Gasteiger partial charge on any atom is -0.451 e. The van der Waals surface area contributed by atoms with Gasteiger partial charge in [0.2, 0.25) is 0 Å². The number of amides is 1. The number of rotatable bonds is 4. The molecule has 2 aromatic carbocycles. The summed E-state index contributed by atoms with van der Waals surface area (Å²) in [6, 6.07) is 17.0. The van der Waals surface area contributed by atoms with Crippen molar-refractivity contribution in [2.75, 3.05) is 5.32 Å². The van der Waals surface area contributed by atoms with E-state index in [0.717, 1.165) is 27.9 Å². The maximum absolute atomic E-state index is 12.4. The Balaban J connectivity index is 1.51. The quantitative estimate of drug-likeness (QED) is 0.493. The number of halogens is 1. The first-order chi connectivity index (χ1) is 12.6. The van der Waals surface area contributed by atoms with E-state index in [0.29, 0.717) is 15.7 Å². The molecule has 2 aromatic heterocycles. The van der Waals surface area contributed by atoms with Gasteiger partial charge in [0.25, 0.3) is 5.91 Å². The summed E-state index contributed by atoms with van der Waals surface area (Å²) in [7, 11) is 0. The van der Waals surface area contributed by atoms with Crippen LogP contribution >= 0.6 is 22.9 Å². The molecule has 0 aliphatic heterocycles. The van der Waals surface area contributed by atoms with Gasteiger partial charge in [0, 0.05) is 21.7 Å². The van der Waals surface area contributed by atoms with Gasteiger partial charge in [0.05, 0.1) is 5.69 Å². The topological polar surface area (TPSA) is 55.1 Å². The molecule has 6 heteroatoms. The Labute approximate surface area is 159 Å². The second-order valence-corrected chi connectivity index (χ2v) is 7.45. The van der Waals surface area contributed by atoms with Gasteiger partial charge in [0.15, 0.2) is 10.9 Å². The van der Waals surface area contributed by atoms with Crippen molar-refractivity contribution in [3.63, 3.8) is 0 Å². The molecule has 26 heavy (non-hydrogen) atoms. The first kappa shape index (κ1) is 16.8. The first-order valence-electron chi connectivity index (χ1n) is 8.09. The third-order valence-electron chi connectivity index (χ3n) is 4.04. The highest BCUT2D eigenvalue weighted by molar-refractivity contribution is 7.15. The summed E-state index contributed by atoms with van der Waals surface area (Å²) in [5, 5.41) is 5.01. The highest BCUT2D eigenvalue weighted by Crippen LogP contribution is 2.27. The smallest absolute Gasteiger partial charge is 0.293 e. The number of aromatic nitrogens is 1. The molecule has 4 rings (SSSR count). The van der Waals surface area contributed by atoms with E-state index >= 15 is 0 Å². The largest absolute Gasteiger partial charge is 0.451 e. The van der Waals surface area contributed by atoms with E-state index in [1.54, 1.807) is 6.07 Å². The van der Waals surface area contributed by atoms with Crippen LogP contribution in [0.5, 0.6) is 0 Å². The van der Waals surface area contributed by atoms with Crippen LogP contribution in [0, 0.1) is 6.92 Å². The fourth-order valence-electron chi connectivity index (χ4n) is 2.69. The molecular formula is C20H15ClN2O2S. The Bertz CT molecular complexity index is 1050. The van der Waals surface area contributed by atoms with Crippen molar-refractivity contribution >= 4 is 44.9 Å². The van der Waals surface area contributed by atoms with E-state index in [4.69, 9.17) is 16.0 Å². The molecule has 0 bridgehead atoms. The molecule has 130 valence electrons. The number of aryl methyl sites for hydroxylation is 1. The summed E-state index contributed by atoms with van der Waals surface area (Å²) < 4.78 is 5.60. The standard InChI is InChI=1S/C20H15ClN2O2S/c1-12-18(10-13-6-8-15(21)9-7-13)26-20(22-12)23-19(24)17-11-14-4-2-3-5-16(14)25-17/h2-9,11H,10H2,1H3,(H,22,23,24). The minimum atomic E-state index is -0.298. The van der Waals surface area contributed by atoms with Gasteiger partial charge in [-0.3, -0.25) is 10.1 Å². The monoisotopic (exact) mass is 382 g/mol. The van der Waals surface area contributed by atoms with Crippen molar-refractivity contribution in [2.24, 2.45) is 0 Å². The summed E-state index contributed by atoms with van der Waals surface area (Å²) in [6.45, 7) is 1.94. The lowest BCUT2D eigenvalue weighted by molar-refractivity contribution is 0.0998. The zero-order valence-corrected chi connectivity index (χ0v) is 15.5. The number of benzene rings is 2. The van der Waals surface area contributed by atoms with Crippen LogP contribution in [0.4, 0.5) is 5.13 Å². The molecule has 0 saturated carbocycles. The van der Waals surface area contributed by atoms with Crippen molar-refractivity contribution in [1.29, 1.82) is 0 Å². The van der Waals surface area contributed by atoms with Crippen LogP contribution in [0.1, 0.15) is 26.7 Å². The highest BCUT2D eigenvalue weighted by Gasteiger charge is 2.15. The van der Waals surface area contributed by atoms with E-state index in [-0.39, 0.29) is 11.7 Å². The van der Waals surface area contributed by atoms with Crippen LogP contribution in [0.2, 0.25) is 5.02 Å². The van der Waals surface area contributed by atoms with Crippen molar-refractivity contribution in [3.8, 4) is 0 Å². The van der Waals surface area contributed by atoms with E-state index in [1.165, 1.54) is 11.3 Å². The van der Waals surface area contributed by atoms with Crippen molar-refractivity contribution in [2.45, 2.75) is 13.3 Å². The Morgan fingerprint density at radius 2 is 1.96 bits per heavy atom. The average Bonchev–Trinajstić information content (AvgIpc) is 3.20. The van der Waals surface area contributed by atoms with Crippen LogP contribution < -0.4 is 5.32 Å². The fraction of sp³-hybridized carbons (Fsp3) is 0.100. The number of carbonyl (C=O) groups excluding carboxylic acids is 1. The molecule has 1 amide bonds. The Hall–Kier alpha value is -2.63. The normalized spacial score (nSPS) is 11.0. The lowest BCUT2D eigenvalue weighted by Gasteiger charge is -1.99. The number of carbonyl (C=O) groups is 1. The first-order valence-corrected chi connectivity index (χ1v) is 9.28. The molecule has 0 spiro atoms. The number of fused-ring (bicyclic) bond motifs is 1. The number of nitrogens with zero attached hydrogens (tertiary/aromatic N) is 1. The van der Waals surface area contributed by atoms with Gasteiger partial charge in [-0.05, 0) is 36.8 Å². The van der Waals surface area contributed by atoms with Crippen molar-refractivity contribution < 1.29 is 9.21 Å². The second kappa shape index (κ2) is 6.94. The summed E-state index contributed by atoms with van der Waals surface area (Å²) in [5.74, 6) is -0.0219. The van der Waals surface area contributed by atoms with E-state index < -0.39 is 0 Å². The number of nitrogens with one attached hydrogen (secondary N) is 1. The summed E-state index contributed by atoms with van der Waals surface area (Å²) in [5.41, 5.74) is 2.75. The molecule has 1 N–H and O–H groups in total. The van der Waals surface area contributed by atoms with Crippen LogP contribution in [0.25, 0.3) is 11.0 Å². The van der Waals surface area contributed by atoms with Crippen LogP contribution in [-0.2, 0) is 6.42 Å². The molecule has 4 aromatic rings. The molecule has 0 aliphatic rings. The molecule has 2 heterocycles. The van der Waals surface area contributed by atoms with Crippen LogP contribution in [-0.4, -0.2) is 10.9 Å². The summed E-state index contributed by atoms with van der Waals surface area (Å²) >= 11 is 7.40. The number of furan rings is 1. The van der Waals surface area contributed by atoms with E-state index in [9.17, 15) is 4.79 Å². The van der Waals surface area contributed by atoms with Gasteiger partial charge in [-0.2, -0.15) is 0 Å². The fourth-order valence-corrected chi connectivity index (χ4v) is 3.80. The van der Waals surface area contributed by atoms with Gasteiger partial charge < -0.3 is 4.42 Å². The van der Waals surface area contributed by atoms with Crippen molar-refractivity contribution in [3.05, 3.63) is 81.5 Å². The third-order valence-corrected chi connectivity index (χ3v) is 5.37. The number of hydrogen-bond acceptors (Lipinski definition) is 4. The van der Waals surface area contributed by atoms with Gasteiger partial charge in [-0.25, -0.2) is 4.98 Å². The molecular weight excluding hydrogens is 368 g/mol. The average molecular weight is 383 g/mol. The number of anilines is 1. The lowest BCUT2D eigenvalue weighted by atomic mass is 10.1. The third kappa shape index (κ3) is 3.49. The number of hydrogen-bond donors (Lipinski definition) is 1. The Morgan fingerprint density at radius 3 is 2.73 bits per heavy atom. The molecule has 4 nitrogen and oxygen atoms in total. The molecule has 0 fully saturated rings. The molecule has 0 atom stereocenters. The minimum absolute atomic E-state index is 0.276. The number of thiazole rings is 1. The van der Waals surface area contributed by atoms with E-state index in [1.807, 2.05) is 55.5 Å². The van der Waals surface area contributed by atoms with Gasteiger partial charge in [-0.15, -0.1) is 11.3 Å². The molecule has 0 aliphatic carbocycles. The zero-order chi connectivity index (χ0) is 18.1. The maximum atomic E-state index is 12.4.